The van der Waals surface area contributed by atoms with Crippen LogP contribution in [0.4, 0.5) is 26.3 Å². The monoisotopic (exact) mass is 474 g/mol. The zero-order valence-corrected chi connectivity index (χ0v) is 15.3. The fourth-order valence-electron chi connectivity index (χ4n) is 1.47. The molecule has 7 nitrogen and oxygen atoms in total. The number of rotatable bonds is 2. The van der Waals surface area contributed by atoms with Gasteiger partial charge in [0.25, 0.3) is 11.1 Å². The van der Waals surface area contributed by atoms with E-state index in [1.165, 1.54) is 0 Å². The molecule has 0 fully saturated rings. The third-order valence-corrected chi connectivity index (χ3v) is 3.67. The number of nitrogens with zero attached hydrogens (tertiary/aromatic N) is 4. The largest absolute Gasteiger partial charge is 0.505 e. The molecule has 0 atom stereocenters. The summed E-state index contributed by atoms with van der Waals surface area (Å²) in [6, 6.07) is 0. The van der Waals surface area contributed by atoms with Gasteiger partial charge in [-0.3, -0.25) is 9.59 Å². The molecule has 0 amide bonds. The fraction of sp³-hybridized carbons (Fsp3) is 0.333. The van der Waals surface area contributed by atoms with Crippen LogP contribution in [0, 0.1) is 0 Å². The molecule has 0 aliphatic carbocycles. The standard InChI is InChI=1S/C6H3Cl2F3N2O.C6H4ClF3N2O2/c7-3-1-12-13(2-6(9,10)11)5(14)4(3)8;7-4-3(13)1-11-12(5(4)14)2-6(8,9)10/h1H,2H2;1,13H,2H2. The molecule has 2 heterocycles. The summed E-state index contributed by atoms with van der Waals surface area (Å²) in [5.74, 6) is -0.643. The summed E-state index contributed by atoms with van der Waals surface area (Å²) < 4.78 is 71.5. The summed E-state index contributed by atoms with van der Waals surface area (Å²) in [6.07, 6.45) is -7.52. The van der Waals surface area contributed by atoms with Gasteiger partial charge in [0, 0.05) is 0 Å². The number of aromatic nitrogens is 4. The van der Waals surface area contributed by atoms with E-state index in [1.54, 1.807) is 0 Å². The predicted octanol–water partition coefficient (Wildman–Crippen LogP) is 3.28. The summed E-state index contributed by atoms with van der Waals surface area (Å²) in [7, 11) is 0. The van der Waals surface area contributed by atoms with Crippen LogP contribution >= 0.6 is 34.8 Å². The van der Waals surface area contributed by atoms with Crippen molar-refractivity contribution in [1.29, 1.82) is 0 Å². The normalized spacial score (nSPS) is 11.8. The van der Waals surface area contributed by atoms with Crippen molar-refractivity contribution in [2.24, 2.45) is 0 Å². The van der Waals surface area contributed by atoms with Gasteiger partial charge in [0.1, 0.15) is 18.1 Å². The van der Waals surface area contributed by atoms with Crippen LogP contribution in [0.5, 0.6) is 5.75 Å². The highest BCUT2D eigenvalue weighted by atomic mass is 35.5. The van der Waals surface area contributed by atoms with Crippen molar-refractivity contribution >= 4 is 34.8 Å². The van der Waals surface area contributed by atoms with Crippen molar-refractivity contribution in [1.82, 2.24) is 19.6 Å². The van der Waals surface area contributed by atoms with Gasteiger partial charge in [-0.25, -0.2) is 9.36 Å². The second-order valence-corrected chi connectivity index (χ2v) is 5.97. The van der Waals surface area contributed by atoms with E-state index in [0.29, 0.717) is 6.20 Å². The Kier molecular flexibility index (Phi) is 7.74. The van der Waals surface area contributed by atoms with Crippen LogP contribution in [0.15, 0.2) is 22.0 Å². The van der Waals surface area contributed by atoms with Crippen LogP contribution in [0.1, 0.15) is 0 Å². The van der Waals surface area contributed by atoms with E-state index in [4.69, 9.17) is 39.9 Å². The summed E-state index contributed by atoms with van der Waals surface area (Å²) in [4.78, 5) is 22.0. The van der Waals surface area contributed by atoms with Crippen molar-refractivity contribution in [3.63, 3.8) is 0 Å². The van der Waals surface area contributed by atoms with Crippen LogP contribution in [0.3, 0.4) is 0 Å². The minimum Gasteiger partial charge on any atom is -0.505 e. The molecule has 16 heteroatoms. The number of alkyl halides is 6. The van der Waals surface area contributed by atoms with Gasteiger partial charge in [0.15, 0.2) is 10.8 Å². The summed E-state index contributed by atoms with van der Waals surface area (Å²) in [6.45, 7) is -3.02. The average molecular weight is 476 g/mol. The molecule has 0 saturated carbocycles. The van der Waals surface area contributed by atoms with Crippen LogP contribution in [0.25, 0.3) is 0 Å². The van der Waals surface area contributed by atoms with Crippen LogP contribution in [-0.4, -0.2) is 37.0 Å². The highest BCUT2D eigenvalue weighted by molar-refractivity contribution is 6.41. The van der Waals surface area contributed by atoms with Gasteiger partial charge < -0.3 is 5.11 Å². The first-order chi connectivity index (χ1) is 12.6. The predicted molar refractivity (Wildman–Crippen MR) is 85.8 cm³/mol. The van der Waals surface area contributed by atoms with Crippen LogP contribution in [0.2, 0.25) is 15.1 Å². The zero-order valence-electron chi connectivity index (χ0n) is 13.0. The van der Waals surface area contributed by atoms with E-state index in [0.717, 1.165) is 6.20 Å². The Bertz CT molecular complexity index is 880. The second-order valence-electron chi connectivity index (χ2n) is 4.81. The Morgan fingerprint density at radius 1 is 0.821 bits per heavy atom. The van der Waals surface area contributed by atoms with Crippen molar-refractivity contribution in [3.05, 3.63) is 48.2 Å². The molecule has 0 aliphatic heterocycles. The van der Waals surface area contributed by atoms with Gasteiger partial charge in [-0.15, -0.1) is 0 Å². The maximum absolute atomic E-state index is 11.9. The van der Waals surface area contributed by atoms with E-state index in [2.05, 4.69) is 10.2 Å². The van der Waals surface area contributed by atoms with Crippen molar-refractivity contribution in [3.8, 4) is 5.75 Å². The van der Waals surface area contributed by atoms with E-state index < -0.39 is 52.4 Å². The zero-order chi connectivity index (χ0) is 21.9. The Balaban J connectivity index is 0.000000280. The smallest absolute Gasteiger partial charge is 0.408 e. The Hall–Kier alpha value is -1.99. The fourth-order valence-corrected chi connectivity index (χ4v) is 1.88. The molecule has 1 N–H and O–H groups in total. The molecular formula is C12H7Cl3F6N4O3. The Morgan fingerprint density at radius 3 is 1.64 bits per heavy atom. The van der Waals surface area contributed by atoms with Gasteiger partial charge >= 0.3 is 12.4 Å². The number of aromatic hydroxyl groups is 1. The SMILES string of the molecule is O=c1c(Cl)c(Cl)cnn1CC(F)(F)F.O=c1c(Cl)c(O)cnn1CC(F)(F)F. The molecule has 0 unspecified atom stereocenters. The van der Waals surface area contributed by atoms with E-state index in [9.17, 15) is 35.9 Å². The maximum atomic E-state index is 11.9. The minimum atomic E-state index is -4.56. The molecule has 0 saturated heterocycles. The highest BCUT2D eigenvalue weighted by Gasteiger charge is 2.30. The molecule has 2 rings (SSSR count). The van der Waals surface area contributed by atoms with E-state index >= 15 is 0 Å². The summed E-state index contributed by atoms with van der Waals surface area (Å²) in [5, 5.41) is 13.8. The molecule has 156 valence electrons. The quantitative estimate of drug-likeness (QED) is 0.674. The molecule has 0 aliphatic rings. The van der Waals surface area contributed by atoms with Crippen LogP contribution < -0.4 is 11.1 Å². The third-order valence-electron chi connectivity index (χ3n) is 2.57. The summed E-state index contributed by atoms with van der Waals surface area (Å²) >= 11 is 15.9. The Morgan fingerprint density at radius 2 is 1.21 bits per heavy atom. The number of hydrogen-bond donors (Lipinski definition) is 1. The molecule has 0 bridgehead atoms. The topological polar surface area (TPSA) is 90.0 Å². The lowest BCUT2D eigenvalue weighted by Gasteiger charge is -2.07. The van der Waals surface area contributed by atoms with Gasteiger partial charge in [-0.05, 0) is 0 Å². The number of hydrogen-bond acceptors (Lipinski definition) is 5. The molecule has 28 heavy (non-hydrogen) atoms. The molecule has 0 spiro atoms. The maximum Gasteiger partial charge on any atom is 0.408 e. The first-order valence-electron chi connectivity index (χ1n) is 6.61. The van der Waals surface area contributed by atoms with Crippen molar-refractivity contribution in [2.45, 2.75) is 25.4 Å². The van der Waals surface area contributed by atoms with Gasteiger partial charge in [0.2, 0.25) is 0 Å². The number of halogens is 9. The summed E-state index contributed by atoms with van der Waals surface area (Å²) in [5.41, 5.74) is -2.24. The van der Waals surface area contributed by atoms with Gasteiger partial charge in [-0.1, -0.05) is 34.8 Å². The first kappa shape index (κ1) is 24.0. The molecule has 2 aromatic heterocycles. The van der Waals surface area contributed by atoms with E-state index in [-0.39, 0.29) is 14.4 Å². The lowest BCUT2D eigenvalue weighted by atomic mass is 10.5. The van der Waals surface area contributed by atoms with E-state index in [1.807, 2.05) is 0 Å². The molecular weight excluding hydrogens is 469 g/mol. The highest BCUT2D eigenvalue weighted by Crippen LogP contribution is 2.20. The minimum absolute atomic E-state index is 0.127. The van der Waals surface area contributed by atoms with Crippen molar-refractivity contribution in [2.75, 3.05) is 0 Å². The average Bonchev–Trinajstić information content (AvgIpc) is 2.55. The molecule has 2 aromatic rings. The van der Waals surface area contributed by atoms with Gasteiger partial charge in [0.05, 0.1) is 17.4 Å². The lowest BCUT2D eigenvalue weighted by molar-refractivity contribution is -0.144. The Labute approximate surface area is 165 Å². The van der Waals surface area contributed by atoms with Gasteiger partial charge in [-0.2, -0.15) is 36.5 Å². The third kappa shape index (κ3) is 7.20. The van der Waals surface area contributed by atoms with Crippen molar-refractivity contribution < 1.29 is 31.4 Å². The van der Waals surface area contributed by atoms with Crippen LogP contribution in [-0.2, 0) is 13.1 Å². The molecule has 0 radical (unpaired) electrons. The first-order valence-corrected chi connectivity index (χ1v) is 7.75. The second kappa shape index (κ2) is 9.01. The lowest BCUT2D eigenvalue weighted by Crippen LogP contribution is -2.30. The molecule has 0 aromatic carbocycles.